The molecule has 4 N–H and O–H groups in total. The molecule has 4 rings (SSSR count). The molecule has 3 aromatic carbocycles. The van der Waals surface area contributed by atoms with E-state index in [2.05, 4.69) is 5.32 Å². The van der Waals surface area contributed by atoms with E-state index >= 15 is 0 Å². The standard InChI is InChI=1S/C35H38F2N2O5.Na.H/c1-4-22-6-5-7-27(18-22)38-35(44)34-33(24-10-14-26(37)15-11-24)32(23-8-12-25(36)13-9-23)30(39(34)21(2)3)17-16-28(40)19-29(41)20-31(42)43;;/h5-15,18,21,28-29,40-41H,4,16-17,19-20H2,1-3H3,(H,38,44)(H,42,43);;/q;+1;-1/t28-,29-;;/m1../s1. The number of hydrogen-bond donors (Lipinski definition) is 4. The molecular weight excluding hydrogens is 589 g/mol. The van der Waals surface area contributed by atoms with Crippen LogP contribution < -0.4 is 34.9 Å². The van der Waals surface area contributed by atoms with Crippen molar-refractivity contribution in [3.05, 3.63) is 101 Å². The number of carbonyl (C=O) groups excluding carboxylic acids is 1. The van der Waals surface area contributed by atoms with E-state index in [0.717, 1.165) is 12.0 Å². The van der Waals surface area contributed by atoms with Crippen molar-refractivity contribution in [2.24, 2.45) is 0 Å². The van der Waals surface area contributed by atoms with Crippen LogP contribution in [0.25, 0.3) is 22.3 Å². The number of nitrogens with zero attached hydrogens (tertiary/aromatic N) is 1. The fourth-order valence-electron chi connectivity index (χ4n) is 5.58. The molecule has 4 aromatic rings. The summed E-state index contributed by atoms with van der Waals surface area (Å²) >= 11 is 0. The van der Waals surface area contributed by atoms with Crippen molar-refractivity contribution in [2.45, 2.75) is 71.1 Å². The monoisotopic (exact) mass is 628 g/mol. The number of benzene rings is 3. The predicted octanol–water partition coefficient (Wildman–Crippen LogP) is 4.13. The molecule has 0 radical (unpaired) electrons. The van der Waals surface area contributed by atoms with Crippen LogP contribution in [0.4, 0.5) is 14.5 Å². The van der Waals surface area contributed by atoms with Gasteiger partial charge >= 0.3 is 35.5 Å². The molecule has 0 aliphatic carbocycles. The molecule has 0 bridgehead atoms. The number of aliphatic hydroxyl groups is 2. The van der Waals surface area contributed by atoms with Crippen molar-refractivity contribution in [1.82, 2.24) is 4.57 Å². The van der Waals surface area contributed by atoms with Gasteiger partial charge in [-0.25, -0.2) is 8.78 Å². The number of rotatable bonds is 13. The van der Waals surface area contributed by atoms with Crippen molar-refractivity contribution in [3.8, 4) is 22.3 Å². The van der Waals surface area contributed by atoms with Crippen molar-refractivity contribution in [1.29, 1.82) is 0 Å². The molecule has 0 saturated heterocycles. The Bertz CT molecular complexity index is 1610. The summed E-state index contributed by atoms with van der Waals surface area (Å²) in [5, 5.41) is 32.9. The van der Waals surface area contributed by atoms with Crippen LogP contribution in [-0.2, 0) is 17.6 Å². The SMILES string of the molecule is CCc1cccc(NC(=O)c2c(-c3ccc(F)cc3)c(-c3ccc(F)cc3)c(CC[C@@H](O)C[C@@H](O)CC(=O)O)n2C(C)C)c1.[H-].[Na+]. The quantitative estimate of drug-likeness (QED) is 0.167. The third-order valence-electron chi connectivity index (χ3n) is 7.57. The van der Waals surface area contributed by atoms with Crippen molar-refractivity contribution in [2.75, 3.05) is 5.32 Å². The van der Waals surface area contributed by atoms with Gasteiger partial charge in [0.05, 0.1) is 18.6 Å². The minimum absolute atomic E-state index is 0. The van der Waals surface area contributed by atoms with Gasteiger partial charge in [-0.05, 0) is 92.6 Å². The molecule has 1 amide bonds. The van der Waals surface area contributed by atoms with Crippen molar-refractivity contribution in [3.63, 3.8) is 0 Å². The van der Waals surface area contributed by atoms with Crippen molar-refractivity contribution < 1.29 is 64.7 Å². The van der Waals surface area contributed by atoms with Gasteiger partial charge in [-0.1, -0.05) is 43.3 Å². The van der Waals surface area contributed by atoms with Crippen LogP contribution in [0.5, 0.6) is 0 Å². The Hall–Kier alpha value is -3.34. The van der Waals surface area contributed by atoms with Gasteiger partial charge in [0, 0.05) is 28.6 Å². The first-order valence-electron chi connectivity index (χ1n) is 14.8. The number of aryl methyl sites for hydroxylation is 1. The number of halogens is 2. The first-order chi connectivity index (χ1) is 21.0. The van der Waals surface area contributed by atoms with Gasteiger partial charge in [-0.3, -0.25) is 9.59 Å². The smallest absolute Gasteiger partial charge is 1.00 e. The molecule has 2 atom stereocenters. The number of carboxylic acid groups (broad SMARTS) is 1. The maximum atomic E-state index is 14.2. The molecule has 0 spiro atoms. The number of carbonyl (C=O) groups is 2. The number of amides is 1. The molecule has 234 valence electrons. The average molecular weight is 629 g/mol. The molecule has 7 nitrogen and oxygen atoms in total. The van der Waals surface area contributed by atoms with Crippen LogP contribution in [0.15, 0.2) is 72.8 Å². The van der Waals surface area contributed by atoms with E-state index in [9.17, 15) is 28.6 Å². The van der Waals surface area contributed by atoms with Gasteiger partial charge in [0.25, 0.3) is 5.91 Å². The van der Waals surface area contributed by atoms with Crippen LogP contribution in [0.3, 0.4) is 0 Å². The van der Waals surface area contributed by atoms with Gasteiger partial charge in [0.2, 0.25) is 0 Å². The van der Waals surface area contributed by atoms with E-state index in [0.29, 0.717) is 39.3 Å². The second-order valence-electron chi connectivity index (χ2n) is 11.2. The molecule has 0 aliphatic heterocycles. The number of nitrogens with one attached hydrogen (secondary N) is 1. The summed E-state index contributed by atoms with van der Waals surface area (Å²) in [7, 11) is 0. The van der Waals surface area contributed by atoms with E-state index in [4.69, 9.17) is 5.11 Å². The zero-order chi connectivity index (χ0) is 32.0. The summed E-state index contributed by atoms with van der Waals surface area (Å²) < 4.78 is 30.0. The molecule has 10 heteroatoms. The molecule has 0 aliphatic rings. The minimum Gasteiger partial charge on any atom is -1.00 e. The number of hydrogen-bond acceptors (Lipinski definition) is 4. The first kappa shape index (κ1) is 36.1. The zero-order valence-corrected chi connectivity index (χ0v) is 28.1. The van der Waals surface area contributed by atoms with E-state index in [-0.39, 0.29) is 56.3 Å². The molecular formula is C35H39F2N2NaO5. The van der Waals surface area contributed by atoms with Crippen molar-refractivity contribution >= 4 is 17.6 Å². The second-order valence-corrected chi connectivity index (χ2v) is 11.2. The summed E-state index contributed by atoms with van der Waals surface area (Å²) in [6.07, 6.45) is -1.67. The van der Waals surface area contributed by atoms with Crippen LogP contribution in [-0.4, -0.2) is 44.0 Å². The number of anilines is 1. The summed E-state index contributed by atoms with van der Waals surface area (Å²) in [4.78, 5) is 25.2. The van der Waals surface area contributed by atoms with Crippen LogP contribution in [0, 0.1) is 11.6 Å². The maximum absolute atomic E-state index is 14.2. The topological polar surface area (TPSA) is 112 Å². The average Bonchev–Trinajstić information content (AvgIpc) is 3.32. The fourth-order valence-corrected chi connectivity index (χ4v) is 5.58. The Labute approximate surface area is 285 Å². The number of aliphatic carboxylic acids is 1. The predicted molar refractivity (Wildman–Crippen MR) is 168 cm³/mol. The van der Waals surface area contributed by atoms with Gasteiger partial charge < -0.3 is 26.6 Å². The zero-order valence-electron chi connectivity index (χ0n) is 27.1. The fraction of sp³-hybridized carbons (Fsp3) is 0.314. The molecule has 0 saturated carbocycles. The molecule has 1 aromatic heterocycles. The second kappa shape index (κ2) is 16.3. The number of aromatic nitrogens is 1. The summed E-state index contributed by atoms with van der Waals surface area (Å²) in [5.41, 5.74) is 5.05. The van der Waals surface area contributed by atoms with Crippen LogP contribution in [0.2, 0.25) is 0 Å². The van der Waals surface area contributed by atoms with Crippen LogP contribution in [0.1, 0.15) is 69.2 Å². The Balaban J connectivity index is 0.00000368. The number of aliphatic hydroxyl groups excluding tert-OH is 2. The van der Waals surface area contributed by atoms with E-state index in [1.54, 1.807) is 30.3 Å². The largest absolute Gasteiger partial charge is 1.00 e. The third kappa shape index (κ3) is 9.11. The van der Waals surface area contributed by atoms with Crippen LogP contribution >= 0.6 is 0 Å². The first-order valence-corrected chi connectivity index (χ1v) is 14.8. The van der Waals surface area contributed by atoms with E-state index in [1.165, 1.54) is 24.3 Å². The maximum Gasteiger partial charge on any atom is 1.00 e. The molecule has 1 heterocycles. The van der Waals surface area contributed by atoms with Gasteiger partial charge in [-0.15, -0.1) is 0 Å². The van der Waals surface area contributed by atoms with Gasteiger partial charge in [-0.2, -0.15) is 0 Å². The van der Waals surface area contributed by atoms with Gasteiger partial charge in [0.15, 0.2) is 0 Å². The van der Waals surface area contributed by atoms with E-state index in [1.807, 2.05) is 43.5 Å². The minimum atomic E-state index is -1.22. The van der Waals surface area contributed by atoms with Gasteiger partial charge in [0.1, 0.15) is 17.3 Å². The number of carboxylic acids is 1. The molecule has 0 unspecified atom stereocenters. The van der Waals surface area contributed by atoms with E-state index < -0.39 is 42.1 Å². The normalized spacial score (nSPS) is 12.4. The Morgan fingerprint density at radius 1 is 0.889 bits per heavy atom. The summed E-state index contributed by atoms with van der Waals surface area (Å²) in [6.45, 7) is 5.87. The summed E-state index contributed by atoms with van der Waals surface area (Å²) in [6, 6.07) is 19.0. The molecule has 0 fully saturated rings. The Morgan fingerprint density at radius 3 is 2.00 bits per heavy atom. The molecule has 45 heavy (non-hydrogen) atoms. The Kier molecular flexibility index (Phi) is 13.1. The third-order valence-corrected chi connectivity index (χ3v) is 7.57. The Morgan fingerprint density at radius 2 is 1.47 bits per heavy atom. The summed E-state index contributed by atoms with van der Waals surface area (Å²) in [5.74, 6) is -2.43.